The molecule has 4 aromatic rings. The number of rotatable bonds is 4. The summed E-state index contributed by atoms with van der Waals surface area (Å²) < 4.78 is 15.6. The minimum absolute atomic E-state index is 0.0944. The number of carbonyl (C=O) groups is 2. The summed E-state index contributed by atoms with van der Waals surface area (Å²) in [5.41, 5.74) is 9.97. The summed E-state index contributed by atoms with van der Waals surface area (Å²) in [4.78, 5) is 34.1. The fourth-order valence-corrected chi connectivity index (χ4v) is 4.41. The molecule has 0 radical (unpaired) electrons. The van der Waals surface area contributed by atoms with E-state index in [1.807, 2.05) is 18.9 Å². The number of amides is 3. The van der Waals surface area contributed by atoms with Crippen LogP contribution in [-0.4, -0.2) is 69.6 Å². The van der Waals surface area contributed by atoms with Gasteiger partial charge in [0.15, 0.2) is 5.82 Å². The lowest BCUT2D eigenvalue weighted by molar-refractivity contribution is 0.0665. The van der Waals surface area contributed by atoms with Crippen LogP contribution in [0.3, 0.4) is 0 Å². The second kappa shape index (κ2) is 9.86. The van der Waals surface area contributed by atoms with Crippen molar-refractivity contribution in [3.05, 3.63) is 71.9 Å². The van der Waals surface area contributed by atoms with Crippen molar-refractivity contribution in [1.82, 2.24) is 24.4 Å². The molecular weight excluding hydrogens is 475 g/mol. The molecule has 11 heteroatoms. The Bertz CT molecular complexity index is 1480. The van der Waals surface area contributed by atoms with E-state index < -0.39 is 11.8 Å². The molecule has 0 spiro atoms. The van der Waals surface area contributed by atoms with Gasteiger partial charge in [-0.3, -0.25) is 4.79 Å². The molecule has 4 N–H and O–H groups in total. The van der Waals surface area contributed by atoms with Crippen molar-refractivity contribution in [2.45, 2.75) is 6.92 Å². The van der Waals surface area contributed by atoms with E-state index in [2.05, 4.69) is 25.6 Å². The standard InChI is InChI=1S/C26H27FN8O2/c1-16-3-8-20(27)21(13-16)32-26(37)31-18-6-4-17(5-7-18)22-19(14-35-23(22)24(28)29-15-30-35)25(36)34-11-9-33(2)10-12-34/h3-8,13-15H,9-12H2,1-2H3,(H2,28,29,30)(H2,31,32,37). The van der Waals surface area contributed by atoms with Gasteiger partial charge in [0.05, 0.1) is 11.3 Å². The molecule has 3 heterocycles. The highest BCUT2D eigenvalue weighted by Gasteiger charge is 2.27. The largest absolute Gasteiger partial charge is 0.382 e. The number of anilines is 3. The summed E-state index contributed by atoms with van der Waals surface area (Å²) in [7, 11) is 2.03. The maximum absolute atomic E-state index is 14.0. The Labute approximate surface area is 212 Å². The number of nitrogens with zero attached hydrogens (tertiary/aromatic N) is 5. The third-order valence-electron chi connectivity index (χ3n) is 6.42. The molecule has 37 heavy (non-hydrogen) atoms. The van der Waals surface area contributed by atoms with Gasteiger partial charge in [0.2, 0.25) is 0 Å². The molecule has 0 bridgehead atoms. The lowest BCUT2D eigenvalue weighted by atomic mass is 10.0. The Hall–Kier alpha value is -4.51. The first-order chi connectivity index (χ1) is 17.8. The van der Waals surface area contributed by atoms with Gasteiger partial charge in [-0.25, -0.2) is 18.7 Å². The number of benzene rings is 2. The van der Waals surface area contributed by atoms with E-state index in [0.717, 1.165) is 24.2 Å². The smallest absolute Gasteiger partial charge is 0.323 e. The first-order valence-electron chi connectivity index (χ1n) is 11.8. The number of hydrogen-bond acceptors (Lipinski definition) is 6. The molecule has 5 rings (SSSR count). The second-order valence-electron chi connectivity index (χ2n) is 9.09. The SMILES string of the molecule is Cc1ccc(F)c(NC(=O)Nc2ccc(-c3c(C(=O)N4CCN(C)CC4)cn4ncnc(N)c34)cc2)c1. The van der Waals surface area contributed by atoms with Crippen molar-refractivity contribution < 1.29 is 14.0 Å². The van der Waals surface area contributed by atoms with Crippen molar-refractivity contribution in [1.29, 1.82) is 0 Å². The van der Waals surface area contributed by atoms with Gasteiger partial charge in [-0.15, -0.1) is 0 Å². The quantitative estimate of drug-likeness (QED) is 0.393. The minimum Gasteiger partial charge on any atom is -0.382 e. The van der Waals surface area contributed by atoms with Crippen LogP contribution in [0.1, 0.15) is 15.9 Å². The maximum atomic E-state index is 14.0. The molecule has 2 aromatic heterocycles. The summed E-state index contributed by atoms with van der Waals surface area (Å²) >= 11 is 0. The molecule has 3 amide bonds. The fourth-order valence-electron chi connectivity index (χ4n) is 4.41. The lowest BCUT2D eigenvalue weighted by Crippen LogP contribution is -2.47. The molecule has 1 saturated heterocycles. The van der Waals surface area contributed by atoms with Crippen LogP contribution in [0.4, 0.5) is 26.4 Å². The topological polar surface area (TPSA) is 121 Å². The zero-order valence-electron chi connectivity index (χ0n) is 20.5. The number of urea groups is 1. The Morgan fingerprint density at radius 3 is 2.49 bits per heavy atom. The van der Waals surface area contributed by atoms with E-state index >= 15 is 0 Å². The van der Waals surface area contributed by atoms with Crippen LogP contribution in [0.15, 0.2) is 55.0 Å². The van der Waals surface area contributed by atoms with Gasteiger partial charge in [-0.05, 0) is 49.4 Å². The molecule has 1 aliphatic heterocycles. The Kier molecular flexibility index (Phi) is 6.45. The third-order valence-corrected chi connectivity index (χ3v) is 6.42. The van der Waals surface area contributed by atoms with E-state index in [1.165, 1.54) is 12.4 Å². The minimum atomic E-state index is -0.574. The van der Waals surface area contributed by atoms with Crippen molar-refractivity contribution in [2.75, 3.05) is 49.6 Å². The number of aromatic nitrogens is 3. The summed E-state index contributed by atoms with van der Waals surface area (Å²) in [6.07, 6.45) is 3.03. The monoisotopic (exact) mass is 502 g/mol. The molecule has 1 fully saturated rings. The Morgan fingerprint density at radius 2 is 1.76 bits per heavy atom. The van der Waals surface area contributed by atoms with Crippen LogP contribution in [0.2, 0.25) is 0 Å². The van der Waals surface area contributed by atoms with Gasteiger partial charge in [0.1, 0.15) is 17.7 Å². The second-order valence-corrected chi connectivity index (χ2v) is 9.09. The number of hydrogen-bond donors (Lipinski definition) is 3. The lowest BCUT2D eigenvalue weighted by Gasteiger charge is -2.32. The summed E-state index contributed by atoms with van der Waals surface area (Å²) in [6, 6.07) is 10.9. The number of nitrogens with two attached hydrogens (primary N) is 1. The van der Waals surface area contributed by atoms with Gasteiger partial charge in [0.25, 0.3) is 5.91 Å². The maximum Gasteiger partial charge on any atom is 0.323 e. The van der Waals surface area contributed by atoms with Crippen LogP contribution in [-0.2, 0) is 0 Å². The van der Waals surface area contributed by atoms with Crippen molar-refractivity contribution in [3.63, 3.8) is 0 Å². The zero-order valence-corrected chi connectivity index (χ0v) is 20.5. The molecule has 10 nitrogen and oxygen atoms in total. The zero-order chi connectivity index (χ0) is 26.1. The Balaban J connectivity index is 1.42. The number of aryl methyl sites for hydroxylation is 1. The molecular formula is C26H27FN8O2. The summed E-state index contributed by atoms with van der Waals surface area (Å²) in [5.74, 6) is -0.368. The molecule has 0 unspecified atom stereocenters. The molecule has 0 saturated carbocycles. The van der Waals surface area contributed by atoms with Gasteiger partial charge >= 0.3 is 6.03 Å². The van der Waals surface area contributed by atoms with Gasteiger partial charge < -0.3 is 26.2 Å². The first-order valence-corrected chi connectivity index (χ1v) is 11.8. The van der Waals surface area contributed by atoms with Gasteiger partial charge in [-0.1, -0.05) is 18.2 Å². The molecule has 2 aromatic carbocycles. The van der Waals surface area contributed by atoms with Crippen LogP contribution >= 0.6 is 0 Å². The van der Waals surface area contributed by atoms with E-state index in [0.29, 0.717) is 35.4 Å². The normalized spacial score (nSPS) is 14.1. The van der Waals surface area contributed by atoms with Crippen molar-refractivity contribution >= 4 is 34.6 Å². The summed E-state index contributed by atoms with van der Waals surface area (Å²) in [5, 5.41) is 9.47. The highest BCUT2D eigenvalue weighted by molar-refractivity contribution is 6.07. The average Bonchev–Trinajstić information content (AvgIpc) is 3.28. The van der Waals surface area contributed by atoms with E-state index in [9.17, 15) is 14.0 Å². The van der Waals surface area contributed by atoms with Gasteiger partial charge in [0, 0.05) is 43.6 Å². The van der Waals surface area contributed by atoms with Crippen LogP contribution in [0.5, 0.6) is 0 Å². The summed E-state index contributed by atoms with van der Waals surface area (Å²) in [6.45, 7) is 4.66. The number of halogens is 1. The first kappa shape index (κ1) is 24.2. The van der Waals surface area contributed by atoms with Crippen molar-refractivity contribution in [2.24, 2.45) is 0 Å². The highest BCUT2D eigenvalue weighted by Crippen LogP contribution is 2.34. The number of piperazine rings is 1. The van der Waals surface area contributed by atoms with Crippen LogP contribution in [0.25, 0.3) is 16.6 Å². The van der Waals surface area contributed by atoms with E-state index in [-0.39, 0.29) is 17.4 Å². The average molecular weight is 503 g/mol. The van der Waals surface area contributed by atoms with Gasteiger partial charge in [-0.2, -0.15) is 5.10 Å². The number of carbonyl (C=O) groups excluding carboxylic acids is 2. The van der Waals surface area contributed by atoms with Crippen molar-refractivity contribution in [3.8, 4) is 11.1 Å². The third kappa shape index (κ3) is 4.94. The number of nitrogen functional groups attached to an aromatic ring is 1. The molecule has 0 aliphatic carbocycles. The van der Waals surface area contributed by atoms with Crippen LogP contribution in [0, 0.1) is 12.7 Å². The molecule has 190 valence electrons. The van der Waals surface area contributed by atoms with E-state index in [1.54, 1.807) is 47.1 Å². The predicted octanol–water partition coefficient (Wildman–Crippen LogP) is 3.46. The highest BCUT2D eigenvalue weighted by atomic mass is 19.1. The van der Waals surface area contributed by atoms with E-state index in [4.69, 9.17) is 5.73 Å². The molecule has 1 aliphatic rings. The number of fused-ring (bicyclic) bond motifs is 1. The number of likely N-dealkylation sites (N-methyl/N-ethyl adjacent to an activating group) is 1. The Morgan fingerprint density at radius 1 is 1.03 bits per heavy atom. The molecule has 0 atom stereocenters. The predicted molar refractivity (Wildman–Crippen MR) is 140 cm³/mol. The fraction of sp³-hybridized carbons (Fsp3) is 0.231. The van der Waals surface area contributed by atoms with Crippen LogP contribution < -0.4 is 16.4 Å². The number of nitrogens with one attached hydrogen (secondary N) is 2.